The van der Waals surface area contributed by atoms with E-state index in [1.54, 1.807) is 6.26 Å². The van der Waals surface area contributed by atoms with Crippen LogP contribution in [0.15, 0.2) is 55.3 Å². The van der Waals surface area contributed by atoms with Gasteiger partial charge in [-0.2, -0.15) is 0 Å². The molecule has 1 aromatic carbocycles. The molecule has 3 aromatic rings. The number of nitrogens with one attached hydrogen (secondary N) is 1. The topological polar surface area (TPSA) is 55.1 Å². The number of benzene rings is 1. The Balaban J connectivity index is 1.67. The minimum atomic E-state index is -0.112. The highest BCUT2D eigenvalue weighted by molar-refractivity contribution is 9.11. The van der Waals surface area contributed by atoms with Crippen LogP contribution in [0.5, 0.6) is 0 Å². The number of aromatic nitrogens is 1. The van der Waals surface area contributed by atoms with E-state index in [2.05, 4.69) is 42.2 Å². The van der Waals surface area contributed by atoms with Crippen LogP contribution >= 0.6 is 43.2 Å². The maximum atomic E-state index is 12.1. The molecule has 0 aliphatic heterocycles. The van der Waals surface area contributed by atoms with E-state index in [1.807, 2.05) is 35.7 Å². The van der Waals surface area contributed by atoms with Crippen molar-refractivity contribution in [1.82, 2.24) is 4.98 Å². The van der Waals surface area contributed by atoms with Gasteiger partial charge < -0.3 is 9.73 Å². The summed E-state index contributed by atoms with van der Waals surface area (Å²) in [6.07, 6.45) is 1.83. The van der Waals surface area contributed by atoms with Crippen molar-refractivity contribution in [2.45, 2.75) is 6.42 Å². The minimum Gasteiger partial charge on any atom is -0.462 e. The molecule has 1 N–H and O–H groups in total. The number of nitrogens with zero attached hydrogens (tertiary/aromatic N) is 1. The van der Waals surface area contributed by atoms with Gasteiger partial charge in [-0.15, -0.1) is 11.3 Å². The first kappa shape index (κ1) is 15.5. The largest absolute Gasteiger partial charge is 0.462 e. The van der Waals surface area contributed by atoms with Crippen LogP contribution in [0.3, 0.4) is 0 Å². The Kier molecular flexibility index (Phi) is 4.75. The lowest BCUT2D eigenvalue weighted by molar-refractivity contribution is -0.115. The molecule has 0 radical (unpaired) electrons. The van der Waals surface area contributed by atoms with Crippen molar-refractivity contribution >= 4 is 54.8 Å². The van der Waals surface area contributed by atoms with Crippen molar-refractivity contribution in [3.05, 3.63) is 56.6 Å². The molecule has 0 aliphatic rings. The van der Waals surface area contributed by atoms with Crippen molar-refractivity contribution in [1.29, 1.82) is 0 Å². The molecule has 7 heteroatoms. The monoisotopic (exact) mass is 440 g/mol. The van der Waals surface area contributed by atoms with E-state index in [1.165, 1.54) is 11.3 Å². The highest BCUT2D eigenvalue weighted by atomic mass is 79.9. The average Bonchev–Trinajstić information content (AvgIpc) is 3.12. The molecule has 0 atom stereocenters. The first-order chi connectivity index (χ1) is 10.6. The van der Waals surface area contributed by atoms with E-state index in [-0.39, 0.29) is 12.3 Å². The van der Waals surface area contributed by atoms with E-state index in [0.29, 0.717) is 5.76 Å². The summed E-state index contributed by atoms with van der Waals surface area (Å²) in [7, 11) is 0. The van der Waals surface area contributed by atoms with Crippen LogP contribution in [-0.2, 0) is 11.2 Å². The maximum Gasteiger partial charge on any atom is 0.230 e. The Hall–Kier alpha value is -1.44. The van der Waals surface area contributed by atoms with Crippen molar-refractivity contribution < 1.29 is 9.21 Å². The van der Waals surface area contributed by atoms with Crippen LogP contribution in [-0.4, -0.2) is 10.9 Å². The first-order valence-electron chi connectivity index (χ1n) is 6.35. The molecule has 0 aliphatic carbocycles. The summed E-state index contributed by atoms with van der Waals surface area (Å²) in [5.74, 6) is 0.603. The number of hydrogen-bond donors (Lipinski definition) is 1. The van der Waals surface area contributed by atoms with Gasteiger partial charge in [0.05, 0.1) is 24.1 Å². The lowest BCUT2D eigenvalue weighted by Crippen LogP contribution is -2.14. The molecule has 22 heavy (non-hydrogen) atoms. The van der Waals surface area contributed by atoms with E-state index < -0.39 is 0 Å². The van der Waals surface area contributed by atoms with Gasteiger partial charge in [0.1, 0.15) is 0 Å². The third-order valence-electron chi connectivity index (χ3n) is 2.83. The fourth-order valence-electron chi connectivity index (χ4n) is 1.85. The molecule has 1 amide bonds. The van der Waals surface area contributed by atoms with E-state index in [9.17, 15) is 4.79 Å². The lowest BCUT2D eigenvalue weighted by atomic mass is 10.3. The Morgan fingerprint density at radius 1 is 1.32 bits per heavy atom. The summed E-state index contributed by atoms with van der Waals surface area (Å²) >= 11 is 8.26. The molecule has 112 valence electrons. The average molecular weight is 442 g/mol. The van der Waals surface area contributed by atoms with Crippen molar-refractivity contribution in [2.24, 2.45) is 0 Å². The lowest BCUT2D eigenvalue weighted by Gasteiger charge is -2.06. The zero-order chi connectivity index (χ0) is 15.5. The Morgan fingerprint density at radius 3 is 2.91 bits per heavy atom. The maximum absolute atomic E-state index is 12.1. The zero-order valence-electron chi connectivity index (χ0n) is 11.2. The second-order valence-corrected chi connectivity index (χ2v) is 7.10. The van der Waals surface area contributed by atoms with Gasteiger partial charge in [0.25, 0.3) is 0 Å². The minimum absolute atomic E-state index is 0.112. The second kappa shape index (κ2) is 6.76. The quantitative estimate of drug-likeness (QED) is 0.611. The third-order valence-corrected chi connectivity index (χ3v) is 4.89. The first-order valence-corrected chi connectivity index (χ1v) is 8.81. The SMILES string of the molecule is O=C(Cc1csc(-c2ccco2)n1)Nc1ccc(Br)cc1Br. The van der Waals surface area contributed by atoms with Gasteiger partial charge in [0.15, 0.2) is 10.8 Å². The number of hydrogen-bond acceptors (Lipinski definition) is 4. The van der Waals surface area contributed by atoms with Crippen LogP contribution in [0.2, 0.25) is 0 Å². The highest BCUT2D eigenvalue weighted by Crippen LogP contribution is 2.27. The normalized spacial score (nSPS) is 10.6. The number of thiazole rings is 1. The molecule has 4 nitrogen and oxygen atoms in total. The molecular formula is C15H10Br2N2O2S. The number of carbonyl (C=O) groups is 1. The van der Waals surface area contributed by atoms with Gasteiger partial charge in [-0.05, 0) is 46.3 Å². The number of rotatable bonds is 4. The fraction of sp³-hybridized carbons (Fsp3) is 0.0667. The van der Waals surface area contributed by atoms with Crippen LogP contribution in [0.4, 0.5) is 5.69 Å². The third kappa shape index (κ3) is 3.66. The summed E-state index contributed by atoms with van der Waals surface area (Å²) < 4.78 is 7.07. The van der Waals surface area contributed by atoms with Crippen LogP contribution < -0.4 is 5.32 Å². The van der Waals surface area contributed by atoms with Gasteiger partial charge in [-0.1, -0.05) is 15.9 Å². The predicted octanol–water partition coefficient (Wildman–Crippen LogP) is 5.11. The van der Waals surface area contributed by atoms with Crippen LogP contribution in [0, 0.1) is 0 Å². The molecule has 0 unspecified atom stereocenters. The smallest absolute Gasteiger partial charge is 0.230 e. The Bertz CT molecular complexity index is 800. The molecule has 0 saturated heterocycles. The van der Waals surface area contributed by atoms with Gasteiger partial charge in [-0.3, -0.25) is 4.79 Å². The molecule has 2 aromatic heterocycles. The second-order valence-electron chi connectivity index (χ2n) is 4.47. The molecule has 0 saturated carbocycles. The molecule has 0 spiro atoms. The molecule has 0 bridgehead atoms. The van der Waals surface area contributed by atoms with Gasteiger partial charge >= 0.3 is 0 Å². The number of furan rings is 1. The van der Waals surface area contributed by atoms with Crippen LogP contribution in [0.1, 0.15) is 5.69 Å². The molecular weight excluding hydrogens is 432 g/mol. The van der Waals surface area contributed by atoms with Gasteiger partial charge in [-0.25, -0.2) is 4.98 Å². The van der Waals surface area contributed by atoms with Crippen molar-refractivity contribution in [3.63, 3.8) is 0 Å². The summed E-state index contributed by atoms with van der Waals surface area (Å²) in [4.78, 5) is 16.5. The van der Waals surface area contributed by atoms with E-state index in [4.69, 9.17) is 4.42 Å². The summed E-state index contributed by atoms with van der Waals surface area (Å²) in [6.45, 7) is 0. The zero-order valence-corrected chi connectivity index (χ0v) is 15.2. The van der Waals surface area contributed by atoms with Crippen molar-refractivity contribution in [2.75, 3.05) is 5.32 Å². The summed E-state index contributed by atoms with van der Waals surface area (Å²) in [6, 6.07) is 9.25. The Labute approximate surface area is 147 Å². The highest BCUT2D eigenvalue weighted by Gasteiger charge is 2.11. The predicted molar refractivity (Wildman–Crippen MR) is 94.0 cm³/mol. The number of carbonyl (C=O) groups excluding carboxylic acids is 1. The number of halogens is 2. The van der Waals surface area contributed by atoms with E-state index >= 15 is 0 Å². The fourth-order valence-corrected chi connectivity index (χ4v) is 3.78. The van der Waals surface area contributed by atoms with Crippen LogP contribution in [0.25, 0.3) is 10.8 Å². The molecule has 0 fully saturated rings. The standard InChI is InChI=1S/C15H10Br2N2O2S/c16-9-3-4-12(11(17)6-9)19-14(20)7-10-8-22-15(18-10)13-2-1-5-21-13/h1-6,8H,7H2,(H,19,20). The van der Waals surface area contributed by atoms with E-state index in [0.717, 1.165) is 25.3 Å². The van der Waals surface area contributed by atoms with Gasteiger partial charge in [0, 0.05) is 14.3 Å². The summed E-state index contributed by atoms with van der Waals surface area (Å²) in [5.41, 5.74) is 1.46. The van der Waals surface area contributed by atoms with Gasteiger partial charge in [0.2, 0.25) is 5.91 Å². The molecule has 2 heterocycles. The number of anilines is 1. The number of amides is 1. The van der Waals surface area contributed by atoms with Crippen molar-refractivity contribution in [3.8, 4) is 10.8 Å². The summed E-state index contributed by atoms with van der Waals surface area (Å²) in [5, 5.41) is 5.51. The Morgan fingerprint density at radius 2 is 2.18 bits per heavy atom. The molecule has 3 rings (SSSR count).